The number of hydrogen-bond acceptors (Lipinski definition) is 2. The van der Waals surface area contributed by atoms with E-state index in [2.05, 4.69) is 36.4 Å². The Labute approximate surface area is 125 Å². The lowest BCUT2D eigenvalue weighted by Gasteiger charge is -2.20. The van der Waals surface area contributed by atoms with Crippen LogP contribution in [0.4, 0.5) is 0 Å². The summed E-state index contributed by atoms with van der Waals surface area (Å²) in [5, 5.41) is 0. The molecule has 0 radical (unpaired) electrons. The SMILES string of the molecule is O=C(c1ccc(Cc2ccccc2)cc1)C1CCOCC1. The average Bonchev–Trinajstić information content (AvgIpc) is 2.57. The van der Waals surface area contributed by atoms with Crippen LogP contribution in [-0.4, -0.2) is 19.0 Å². The molecular weight excluding hydrogens is 260 g/mol. The minimum atomic E-state index is 0.138. The molecule has 2 heteroatoms. The first-order valence-corrected chi connectivity index (χ1v) is 7.58. The molecule has 21 heavy (non-hydrogen) atoms. The minimum absolute atomic E-state index is 0.138. The van der Waals surface area contributed by atoms with Crippen LogP contribution in [0.1, 0.15) is 34.3 Å². The van der Waals surface area contributed by atoms with Crippen LogP contribution in [0.25, 0.3) is 0 Å². The Bertz CT molecular complexity index is 581. The van der Waals surface area contributed by atoms with E-state index in [1.807, 2.05) is 18.2 Å². The van der Waals surface area contributed by atoms with Crippen LogP contribution in [0, 0.1) is 5.92 Å². The van der Waals surface area contributed by atoms with Crippen LogP contribution in [0.3, 0.4) is 0 Å². The molecule has 0 amide bonds. The van der Waals surface area contributed by atoms with Gasteiger partial charge in [0.2, 0.25) is 0 Å². The van der Waals surface area contributed by atoms with Gasteiger partial charge in [-0.05, 0) is 30.4 Å². The highest BCUT2D eigenvalue weighted by molar-refractivity contribution is 5.97. The van der Waals surface area contributed by atoms with E-state index in [4.69, 9.17) is 4.74 Å². The highest BCUT2D eigenvalue weighted by Crippen LogP contribution is 2.21. The first kappa shape index (κ1) is 14.0. The van der Waals surface area contributed by atoms with Crippen LogP contribution in [-0.2, 0) is 11.2 Å². The molecule has 1 aliphatic heterocycles. The molecule has 0 saturated carbocycles. The maximum atomic E-state index is 12.4. The van der Waals surface area contributed by atoms with E-state index in [-0.39, 0.29) is 11.7 Å². The summed E-state index contributed by atoms with van der Waals surface area (Å²) in [6.45, 7) is 1.42. The van der Waals surface area contributed by atoms with E-state index in [1.165, 1.54) is 11.1 Å². The summed E-state index contributed by atoms with van der Waals surface area (Å²) in [4.78, 5) is 12.4. The summed E-state index contributed by atoms with van der Waals surface area (Å²) < 4.78 is 5.32. The van der Waals surface area contributed by atoms with Crippen molar-refractivity contribution in [2.75, 3.05) is 13.2 Å². The molecule has 0 aromatic heterocycles. The molecule has 0 unspecified atom stereocenters. The van der Waals surface area contributed by atoms with Gasteiger partial charge in [-0.2, -0.15) is 0 Å². The number of rotatable bonds is 4. The minimum Gasteiger partial charge on any atom is -0.381 e. The fourth-order valence-corrected chi connectivity index (χ4v) is 2.81. The zero-order valence-electron chi connectivity index (χ0n) is 12.1. The first-order chi connectivity index (χ1) is 10.3. The molecular formula is C19H20O2. The molecule has 0 N–H and O–H groups in total. The molecule has 0 aliphatic carbocycles. The predicted octanol–water partition coefficient (Wildman–Crippen LogP) is 3.89. The monoisotopic (exact) mass is 280 g/mol. The summed E-state index contributed by atoms with van der Waals surface area (Å²) in [7, 11) is 0. The molecule has 2 nitrogen and oxygen atoms in total. The maximum absolute atomic E-state index is 12.4. The fraction of sp³-hybridized carbons (Fsp3) is 0.316. The van der Waals surface area contributed by atoms with Gasteiger partial charge in [-0.3, -0.25) is 4.79 Å². The highest BCUT2D eigenvalue weighted by Gasteiger charge is 2.22. The highest BCUT2D eigenvalue weighted by atomic mass is 16.5. The molecule has 3 rings (SSSR count). The lowest BCUT2D eigenvalue weighted by atomic mass is 9.90. The second-order valence-corrected chi connectivity index (χ2v) is 5.61. The Morgan fingerprint density at radius 1 is 0.905 bits per heavy atom. The number of hydrogen-bond donors (Lipinski definition) is 0. The molecule has 1 fully saturated rings. The third kappa shape index (κ3) is 3.59. The van der Waals surface area contributed by atoms with Crippen molar-refractivity contribution in [1.82, 2.24) is 0 Å². The molecule has 1 saturated heterocycles. The van der Waals surface area contributed by atoms with Crippen molar-refractivity contribution in [3.63, 3.8) is 0 Å². The second kappa shape index (κ2) is 6.68. The van der Waals surface area contributed by atoms with Crippen LogP contribution < -0.4 is 0 Å². The van der Waals surface area contributed by atoms with Crippen molar-refractivity contribution in [1.29, 1.82) is 0 Å². The Morgan fingerprint density at radius 3 is 2.19 bits per heavy atom. The van der Waals surface area contributed by atoms with E-state index in [0.29, 0.717) is 13.2 Å². The quantitative estimate of drug-likeness (QED) is 0.794. The van der Waals surface area contributed by atoms with Crippen LogP contribution >= 0.6 is 0 Å². The Kier molecular flexibility index (Phi) is 4.46. The molecule has 0 spiro atoms. The Hall–Kier alpha value is -1.93. The average molecular weight is 280 g/mol. The van der Waals surface area contributed by atoms with Crippen LogP contribution in [0.15, 0.2) is 54.6 Å². The summed E-state index contributed by atoms with van der Waals surface area (Å²) >= 11 is 0. The Morgan fingerprint density at radius 2 is 1.52 bits per heavy atom. The molecule has 0 atom stereocenters. The normalized spacial score (nSPS) is 15.8. The third-order valence-electron chi connectivity index (χ3n) is 4.08. The van der Waals surface area contributed by atoms with Gasteiger partial charge >= 0.3 is 0 Å². The zero-order valence-corrected chi connectivity index (χ0v) is 12.1. The molecule has 108 valence electrons. The largest absolute Gasteiger partial charge is 0.381 e. The first-order valence-electron chi connectivity index (χ1n) is 7.58. The lowest BCUT2D eigenvalue weighted by Crippen LogP contribution is -2.23. The summed E-state index contributed by atoms with van der Waals surface area (Å²) in [5.41, 5.74) is 3.37. The molecule has 0 bridgehead atoms. The zero-order chi connectivity index (χ0) is 14.5. The van der Waals surface area contributed by atoms with Gasteiger partial charge in [-0.1, -0.05) is 54.6 Å². The third-order valence-corrected chi connectivity index (χ3v) is 4.08. The van der Waals surface area contributed by atoms with Crippen molar-refractivity contribution in [2.24, 2.45) is 5.92 Å². The van der Waals surface area contributed by atoms with E-state index in [0.717, 1.165) is 24.8 Å². The number of Topliss-reactive ketones (excluding diaryl/α,β-unsaturated/α-hetero) is 1. The number of carbonyl (C=O) groups is 1. The van der Waals surface area contributed by atoms with Crippen LogP contribution in [0.2, 0.25) is 0 Å². The number of ether oxygens (including phenoxy) is 1. The summed E-state index contributed by atoms with van der Waals surface area (Å²) in [6.07, 6.45) is 2.61. The predicted molar refractivity (Wildman–Crippen MR) is 83.6 cm³/mol. The standard InChI is InChI=1S/C19H20O2/c20-19(18-10-12-21-13-11-18)17-8-6-16(7-9-17)14-15-4-2-1-3-5-15/h1-9,18H,10-14H2. The van der Waals surface area contributed by atoms with Crippen molar-refractivity contribution < 1.29 is 9.53 Å². The van der Waals surface area contributed by atoms with Gasteiger partial charge in [-0.25, -0.2) is 0 Å². The van der Waals surface area contributed by atoms with Gasteiger partial charge in [0.1, 0.15) is 0 Å². The van der Waals surface area contributed by atoms with E-state index < -0.39 is 0 Å². The fourth-order valence-electron chi connectivity index (χ4n) is 2.81. The van der Waals surface area contributed by atoms with Crippen molar-refractivity contribution in [3.05, 3.63) is 71.3 Å². The second-order valence-electron chi connectivity index (χ2n) is 5.61. The van der Waals surface area contributed by atoms with Crippen molar-refractivity contribution in [2.45, 2.75) is 19.3 Å². The smallest absolute Gasteiger partial charge is 0.166 e. The van der Waals surface area contributed by atoms with Crippen LogP contribution in [0.5, 0.6) is 0 Å². The molecule has 1 aliphatic rings. The number of ketones is 1. The number of benzene rings is 2. The van der Waals surface area contributed by atoms with Gasteiger partial charge < -0.3 is 4.74 Å². The van der Waals surface area contributed by atoms with Gasteiger partial charge in [0.25, 0.3) is 0 Å². The lowest BCUT2D eigenvalue weighted by molar-refractivity contribution is 0.0545. The van der Waals surface area contributed by atoms with Gasteiger partial charge in [0.05, 0.1) is 0 Å². The van der Waals surface area contributed by atoms with Crippen molar-refractivity contribution in [3.8, 4) is 0 Å². The Balaban J connectivity index is 1.67. The van der Waals surface area contributed by atoms with Gasteiger partial charge in [0.15, 0.2) is 5.78 Å². The maximum Gasteiger partial charge on any atom is 0.166 e. The molecule has 2 aromatic rings. The number of carbonyl (C=O) groups excluding carboxylic acids is 1. The van der Waals surface area contributed by atoms with E-state index in [1.54, 1.807) is 0 Å². The van der Waals surface area contributed by atoms with E-state index >= 15 is 0 Å². The topological polar surface area (TPSA) is 26.3 Å². The summed E-state index contributed by atoms with van der Waals surface area (Å²) in [5.74, 6) is 0.406. The van der Waals surface area contributed by atoms with E-state index in [9.17, 15) is 4.79 Å². The molecule has 2 aromatic carbocycles. The summed E-state index contributed by atoms with van der Waals surface area (Å²) in [6, 6.07) is 18.5. The van der Waals surface area contributed by atoms with Gasteiger partial charge in [-0.15, -0.1) is 0 Å². The van der Waals surface area contributed by atoms with Gasteiger partial charge in [0, 0.05) is 24.7 Å². The molecule has 1 heterocycles. The van der Waals surface area contributed by atoms with Crippen molar-refractivity contribution >= 4 is 5.78 Å².